The van der Waals surface area contributed by atoms with Crippen molar-refractivity contribution in [2.24, 2.45) is 0 Å². The van der Waals surface area contributed by atoms with Crippen LogP contribution < -0.4 is 9.62 Å². The first-order valence-corrected chi connectivity index (χ1v) is 6.23. The quantitative estimate of drug-likeness (QED) is 0.452. The third-order valence-electron chi connectivity index (χ3n) is 1.64. The second kappa shape index (κ2) is 5.67. The van der Waals surface area contributed by atoms with Crippen molar-refractivity contribution in [3.63, 3.8) is 0 Å². The van der Waals surface area contributed by atoms with Crippen molar-refractivity contribution in [1.82, 2.24) is 0 Å². The maximum Gasteiger partial charge on any atom is 0.377 e. The number of hydrogen-bond acceptors (Lipinski definition) is 5. The van der Waals surface area contributed by atoms with Crippen LogP contribution in [0.3, 0.4) is 0 Å². The molecule has 0 aliphatic carbocycles. The van der Waals surface area contributed by atoms with Gasteiger partial charge in [-0.1, -0.05) is 4.67 Å². The number of carboxylic acids is 1. The van der Waals surface area contributed by atoms with Gasteiger partial charge in [0, 0.05) is 0 Å². The average Bonchev–Trinajstić information content (AvgIpc) is 2.25. The molecule has 0 saturated carbocycles. The van der Waals surface area contributed by atoms with Crippen LogP contribution in [0.4, 0.5) is 0 Å². The van der Waals surface area contributed by atoms with Crippen molar-refractivity contribution in [2.75, 3.05) is 13.3 Å². The molecule has 0 radical (unpaired) electrons. The molecule has 0 saturated heterocycles. The lowest BCUT2D eigenvalue weighted by molar-refractivity contribution is -0.136. The fourth-order valence-electron chi connectivity index (χ4n) is 0.930. The largest absolute Gasteiger partial charge is 0.497 e. The summed E-state index contributed by atoms with van der Waals surface area (Å²) in [5.41, 5.74) is 0. The predicted molar refractivity (Wildman–Crippen MR) is 57.0 cm³/mol. The number of ether oxygens (including phenoxy) is 1. The normalized spacial score (nSPS) is 13.8. The third-order valence-corrected chi connectivity index (χ3v) is 2.62. The van der Waals surface area contributed by atoms with Gasteiger partial charge in [0.2, 0.25) is 0 Å². The van der Waals surface area contributed by atoms with E-state index in [0.29, 0.717) is 5.75 Å². The van der Waals surface area contributed by atoms with Gasteiger partial charge >= 0.3 is 13.6 Å². The molecule has 1 atom stereocenters. The van der Waals surface area contributed by atoms with Crippen molar-refractivity contribution >= 4 is 13.6 Å². The zero-order chi connectivity index (χ0) is 12.9. The van der Waals surface area contributed by atoms with E-state index in [1.54, 1.807) is 12.1 Å². The first kappa shape index (κ1) is 13.5. The van der Waals surface area contributed by atoms with Crippen molar-refractivity contribution in [1.29, 1.82) is 0 Å². The second-order valence-electron chi connectivity index (χ2n) is 3.02. The van der Waals surface area contributed by atoms with Gasteiger partial charge in [0.15, 0.2) is 11.9 Å². The van der Waals surface area contributed by atoms with Gasteiger partial charge in [0.1, 0.15) is 5.75 Å². The van der Waals surface area contributed by atoms with Crippen molar-refractivity contribution < 1.29 is 33.7 Å². The highest BCUT2D eigenvalue weighted by Gasteiger charge is 2.26. The highest BCUT2D eigenvalue weighted by Crippen LogP contribution is 2.41. The Labute approximate surface area is 97.0 Å². The molecule has 0 aliphatic heterocycles. The summed E-state index contributed by atoms with van der Waals surface area (Å²) < 4.78 is 20.2. The van der Waals surface area contributed by atoms with E-state index < -0.39 is 19.7 Å². The van der Waals surface area contributed by atoms with Crippen LogP contribution >= 0.6 is 7.60 Å². The smallest absolute Gasteiger partial charge is 0.377 e. The molecule has 0 amide bonds. The fourth-order valence-corrected chi connectivity index (χ4v) is 1.53. The highest BCUT2D eigenvalue weighted by atomic mass is 31.2. The van der Waals surface area contributed by atoms with Crippen LogP contribution in [0.15, 0.2) is 24.3 Å². The van der Waals surface area contributed by atoms with Crippen LogP contribution in [0.25, 0.3) is 0 Å². The van der Waals surface area contributed by atoms with Gasteiger partial charge in [-0.15, -0.1) is 0 Å². The number of carbonyl (C=O) groups is 1. The highest BCUT2D eigenvalue weighted by molar-refractivity contribution is 7.53. The Balaban J connectivity index is 2.54. The van der Waals surface area contributed by atoms with Gasteiger partial charge in [-0.3, -0.25) is 9.36 Å². The Hall–Kier alpha value is -1.56. The first-order valence-electron chi connectivity index (χ1n) is 4.47. The molecule has 2 N–H and O–H groups in total. The number of hydrogen-bond donors (Lipinski definition) is 2. The summed E-state index contributed by atoms with van der Waals surface area (Å²) in [5, 5.41) is 8.33. The van der Waals surface area contributed by atoms with Crippen LogP contribution in [0.2, 0.25) is 0 Å². The Kier molecular flexibility index (Phi) is 4.51. The first-order chi connectivity index (χ1) is 7.93. The summed E-state index contributed by atoms with van der Waals surface area (Å²) in [6.07, 6.45) is -1.02. The Morgan fingerprint density at radius 2 is 1.82 bits per heavy atom. The minimum absolute atomic E-state index is 0.158. The standard InChI is InChI=1S/C9H11O7P/c1-14-7-2-4-8(5-3-7)15-16-17(12,13)6-9(10)11/h2-5H,6H2,1H3,(H,10,11)(H,12,13). The minimum Gasteiger partial charge on any atom is -0.497 e. The van der Waals surface area contributed by atoms with Gasteiger partial charge in [-0.25, -0.2) is 0 Å². The van der Waals surface area contributed by atoms with Gasteiger partial charge < -0.3 is 19.6 Å². The van der Waals surface area contributed by atoms with Crippen LogP contribution in [-0.4, -0.2) is 29.2 Å². The lowest BCUT2D eigenvalue weighted by Gasteiger charge is -2.09. The lowest BCUT2D eigenvalue weighted by atomic mass is 10.3. The molecule has 17 heavy (non-hydrogen) atoms. The number of aliphatic carboxylic acids is 1. The molecule has 0 aliphatic rings. The molecule has 0 heterocycles. The van der Waals surface area contributed by atoms with Crippen molar-refractivity contribution in [3.05, 3.63) is 24.3 Å². The molecule has 8 heteroatoms. The average molecular weight is 262 g/mol. The van der Waals surface area contributed by atoms with E-state index in [9.17, 15) is 9.36 Å². The molecule has 7 nitrogen and oxygen atoms in total. The summed E-state index contributed by atoms with van der Waals surface area (Å²) in [7, 11) is -2.80. The zero-order valence-corrected chi connectivity index (χ0v) is 9.79. The zero-order valence-electron chi connectivity index (χ0n) is 8.90. The lowest BCUT2D eigenvalue weighted by Crippen LogP contribution is -2.07. The third kappa shape index (κ3) is 4.86. The molecule has 0 spiro atoms. The van der Waals surface area contributed by atoms with Crippen LogP contribution in [0, 0.1) is 0 Å². The van der Waals surface area contributed by atoms with Crippen molar-refractivity contribution in [3.8, 4) is 11.5 Å². The number of rotatable bonds is 6. The molecule has 94 valence electrons. The predicted octanol–water partition coefficient (Wildman–Crippen LogP) is 1.28. The molecule has 1 rings (SSSR count). The molecule has 0 bridgehead atoms. The maximum absolute atomic E-state index is 11.1. The van der Waals surface area contributed by atoms with Gasteiger partial charge in [0.25, 0.3) is 0 Å². The van der Waals surface area contributed by atoms with E-state index in [4.69, 9.17) is 14.7 Å². The van der Waals surface area contributed by atoms with Crippen LogP contribution in [0.5, 0.6) is 11.5 Å². The maximum atomic E-state index is 11.1. The second-order valence-corrected chi connectivity index (χ2v) is 4.76. The van der Waals surface area contributed by atoms with Crippen molar-refractivity contribution in [2.45, 2.75) is 0 Å². The number of carboxylic acid groups (broad SMARTS) is 1. The summed E-state index contributed by atoms with van der Waals surface area (Å²) in [6, 6.07) is 6.00. The van der Waals surface area contributed by atoms with E-state index in [1.165, 1.54) is 19.2 Å². The summed E-state index contributed by atoms with van der Waals surface area (Å²) >= 11 is 0. The summed E-state index contributed by atoms with van der Waals surface area (Å²) in [4.78, 5) is 23.8. The molecule has 0 fully saturated rings. The van der Waals surface area contributed by atoms with Crippen LogP contribution in [-0.2, 0) is 14.0 Å². The van der Waals surface area contributed by atoms with E-state index in [2.05, 4.69) is 9.56 Å². The Bertz CT molecular complexity index is 427. The number of methoxy groups -OCH3 is 1. The number of benzene rings is 1. The topological polar surface area (TPSA) is 102 Å². The van der Waals surface area contributed by atoms with Crippen LogP contribution in [0.1, 0.15) is 0 Å². The van der Waals surface area contributed by atoms with E-state index >= 15 is 0 Å². The molecule has 1 aromatic carbocycles. The Morgan fingerprint density at radius 1 is 1.29 bits per heavy atom. The molecular weight excluding hydrogens is 251 g/mol. The SMILES string of the molecule is COc1ccc(OOP(=O)(O)CC(=O)O)cc1. The molecular formula is C9H11O7P. The fraction of sp³-hybridized carbons (Fsp3) is 0.222. The minimum atomic E-state index is -4.29. The van der Waals surface area contributed by atoms with Gasteiger partial charge in [-0.2, -0.15) is 0 Å². The molecule has 0 aromatic heterocycles. The monoisotopic (exact) mass is 262 g/mol. The molecule has 1 aromatic rings. The van der Waals surface area contributed by atoms with Gasteiger partial charge in [0.05, 0.1) is 7.11 Å². The molecule has 1 unspecified atom stereocenters. The summed E-state index contributed by atoms with van der Waals surface area (Å²) in [6.45, 7) is 0. The van der Waals surface area contributed by atoms with E-state index in [-0.39, 0.29) is 5.75 Å². The van der Waals surface area contributed by atoms with Gasteiger partial charge in [-0.05, 0) is 24.3 Å². The van der Waals surface area contributed by atoms with E-state index in [1.807, 2.05) is 0 Å². The summed E-state index contributed by atoms with van der Waals surface area (Å²) in [5.74, 6) is -0.713. The van der Waals surface area contributed by atoms with E-state index in [0.717, 1.165) is 0 Å². The Morgan fingerprint density at radius 3 is 2.29 bits per heavy atom.